The predicted molar refractivity (Wildman–Crippen MR) is 176 cm³/mol. The zero-order valence-corrected chi connectivity index (χ0v) is 28.4. The molecule has 47 heavy (non-hydrogen) atoms. The van der Waals surface area contributed by atoms with E-state index in [-0.39, 0.29) is 54.7 Å². The fourth-order valence-corrected chi connectivity index (χ4v) is 7.50. The summed E-state index contributed by atoms with van der Waals surface area (Å²) in [6.07, 6.45) is 1.70. The number of alkyl carbamates (subject to hydrolysis) is 1. The molecule has 4 aliphatic rings. The molecule has 2 amide bonds. The van der Waals surface area contributed by atoms with Crippen LogP contribution in [-0.2, 0) is 31.7 Å². The number of carbonyl (C=O) groups is 3. The van der Waals surface area contributed by atoms with Crippen LogP contribution in [0.5, 0.6) is 11.5 Å². The van der Waals surface area contributed by atoms with Crippen molar-refractivity contribution in [3.05, 3.63) is 59.2 Å². The lowest BCUT2D eigenvalue weighted by Crippen LogP contribution is -2.65. The molecule has 254 valence electrons. The molecule has 2 bridgehead atoms. The minimum atomic E-state index is -1.10. The summed E-state index contributed by atoms with van der Waals surface area (Å²) in [5, 5.41) is 15.6. The van der Waals surface area contributed by atoms with Crippen LogP contribution in [0.1, 0.15) is 75.9 Å². The van der Waals surface area contributed by atoms with Gasteiger partial charge in [0.1, 0.15) is 29.3 Å². The van der Waals surface area contributed by atoms with Crippen LogP contribution in [0.15, 0.2) is 42.5 Å². The summed E-state index contributed by atoms with van der Waals surface area (Å²) in [6, 6.07) is 12.2. The summed E-state index contributed by atoms with van der Waals surface area (Å²) >= 11 is 0. The average molecular weight is 651 g/mol. The van der Waals surface area contributed by atoms with E-state index in [1.807, 2.05) is 12.1 Å². The molecule has 6 rings (SSSR count). The number of ether oxygens (including phenoxy) is 3. The number of amides is 2. The van der Waals surface area contributed by atoms with Gasteiger partial charge in [-0.15, -0.1) is 0 Å². The van der Waals surface area contributed by atoms with Crippen LogP contribution in [0.25, 0.3) is 0 Å². The monoisotopic (exact) mass is 650 g/mol. The third kappa shape index (κ3) is 7.54. The van der Waals surface area contributed by atoms with Gasteiger partial charge in [-0.25, -0.2) is 9.59 Å². The highest BCUT2D eigenvalue weighted by atomic mass is 16.7. The fourth-order valence-electron chi connectivity index (χ4n) is 7.50. The quantitative estimate of drug-likeness (QED) is 0.218. The molecule has 5 unspecified atom stereocenters. The Morgan fingerprint density at radius 2 is 1.85 bits per heavy atom. The molecule has 2 aromatic rings. The minimum Gasteiger partial charge on any atom is -0.496 e. The summed E-state index contributed by atoms with van der Waals surface area (Å²) in [4.78, 5) is 37.4. The summed E-state index contributed by atoms with van der Waals surface area (Å²) in [7, 11) is 0.712. The lowest BCUT2D eigenvalue weighted by Gasteiger charge is -2.64. The second kappa shape index (κ2) is 13.4. The standard InChI is InChI=1S/C35H47BN2O9/c1-33(2,3)45-32(42)37-14-15-44-24-12-8-10-21(16-24)17-29(39)38-28(18-22-11-9-13-25(31(40)41)30(22)43-7)36-46-27-20-23-19-26(34(23,4)5)35(27,6)47-36/h8-13,16,23,26-28H,14-15,17-20H2,1-7H3,(H,37,42)(H,38,39)(H,40,41). The third-order valence-electron chi connectivity index (χ3n) is 9.92. The number of aromatic carboxylic acids is 1. The lowest BCUT2D eigenvalue weighted by atomic mass is 9.43. The number of hydrogen-bond donors (Lipinski definition) is 3. The van der Waals surface area contributed by atoms with Gasteiger partial charge in [0.15, 0.2) is 0 Å². The van der Waals surface area contributed by atoms with Crippen molar-refractivity contribution in [3.63, 3.8) is 0 Å². The molecule has 5 atom stereocenters. The van der Waals surface area contributed by atoms with E-state index < -0.39 is 36.3 Å². The Morgan fingerprint density at radius 3 is 2.53 bits per heavy atom. The van der Waals surface area contributed by atoms with Gasteiger partial charge in [0.2, 0.25) is 5.91 Å². The van der Waals surface area contributed by atoms with Gasteiger partial charge in [-0.05, 0) is 93.5 Å². The minimum absolute atomic E-state index is 0.0460. The fraction of sp³-hybridized carbons (Fsp3) is 0.571. The van der Waals surface area contributed by atoms with Gasteiger partial charge in [0.05, 0.1) is 37.7 Å². The van der Waals surface area contributed by atoms with Crippen molar-refractivity contribution in [2.45, 2.75) is 90.5 Å². The zero-order valence-electron chi connectivity index (χ0n) is 28.4. The molecular weight excluding hydrogens is 603 g/mol. The summed E-state index contributed by atoms with van der Waals surface area (Å²) in [5.41, 5.74) is 0.496. The molecule has 2 aromatic carbocycles. The molecule has 3 N–H and O–H groups in total. The van der Waals surface area contributed by atoms with E-state index in [9.17, 15) is 19.5 Å². The Morgan fingerprint density at radius 1 is 1.11 bits per heavy atom. The molecule has 1 aliphatic heterocycles. The Balaban J connectivity index is 1.27. The zero-order chi connectivity index (χ0) is 34.1. The second-order valence-electron chi connectivity index (χ2n) is 14.6. The Hall–Kier alpha value is -3.77. The van der Waals surface area contributed by atoms with Gasteiger partial charge in [0, 0.05) is 0 Å². The van der Waals surface area contributed by atoms with Crippen LogP contribution in [0.4, 0.5) is 4.79 Å². The molecule has 3 aliphatic carbocycles. The van der Waals surface area contributed by atoms with E-state index in [0.717, 1.165) is 18.4 Å². The first-order chi connectivity index (χ1) is 22.1. The number of para-hydroxylation sites is 1. The normalized spacial score (nSPS) is 24.7. The number of carboxylic acid groups (broad SMARTS) is 1. The first kappa shape index (κ1) is 34.6. The smallest absolute Gasteiger partial charge is 0.482 e. The Labute approximate surface area is 277 Å². The van der Waals surface area contributed by atoms with Crippen molar-refractivity contribution in [2.24, 2.45) is 17.3 Å². The second-order valence-corrected chi connectivity index (χ2v) is 14.6. The van der Waals surface area contributed by atoms with Gasteiger partial charge in [0.25, 0.3) is 0 Å². The third-order valence-corrected chi connectivity index (χ3v) is 9.92. The van der Waals surface area contributed by atoms with Crippen molar-refractivity contribution in [1.82, 2.24) is 10.6 Å². The number of rotatable bonds is 12. The van der Waals surface area contributed by atoms with Gasteiger partial charge in [-0.2, -0.15) is 0 Å². The topological polar surface area (TPSA) is 142 Å². The molecule has 0 spiro atoms. The molecule has 0 radical (unpaired) electrons. The highest BCUT2D eigenvalue weighted by molar-refractivity contribution is 6.48. The van der Waals surface area contributed by atoms with E-state index >= 15 is 0 Å². The maximum absolute atomic E-state index is 13.6. The molecule has 0 aromatic heterocycles. The lowest BCUT2D eigenvalue weighted by molar-refractivity contribution is -0.199. The van der Waals surface area contributed by atoms with Gasteiger partial charge >= 0.3 is 19.2 Å². The maximum Gasteiger partial charge on any atom is 0.482 e. The van der Waals surface area contributed by atoms with E-state index in [0.29, 0.717) is 23.1 Å². The number of carbonyl (C=O) groups excluding carboxylic acids is 2. The van der Waals surface area contributed by atoms with E-state index in [1.54, 1.807) is 45.0 Å². The molecule has 12 heteroatoms. The predicted octanol–water partition coefficient (Wildman–Crippen LogP) is 4.83. The maximum atomic E-state index is 13.6. The van der Waals surface area contributed by atoms with Gasteiger partial charge in [-0.1, -0.05) is 38.1 Å². The van der Waals surface area contributed by atoms with E-state index in [4.69, 9.17) is 23.5 Å². The van der Waals surface area contributed by atoms with Crippen molar-refractivity contribution in [2.75, 3.05) is 20.3 Å². The molecule has 1 saturated heterocycles. The van der Waals surface area contributed by atoms with Crippen molar-refractivity contribution < 1.29 is 43.0 Å². The van der Waals surface area contributed by atoms with Gasteiger partial charge in [-0.3, -0.25) is 4.79 Å². The summed E-state index contributed by atoms with van der Waals surface area (Å²) in [5.74, 6) is -0.237. The van der Waals surface area contributed by atoms with E-state index in [1.165, 1.54) is 13.2 Å². The molecule has 11 nitrogen and oxygen atoms in total. The average Bonchev–Trinajstić information content (AvgIpc) is 3.35. The van der Waals surface area contributed by atoms with Crippen LogP contribution in [0.2, 0.25) is 0 Å². The number of nitrogens with one attached hydrogen (secondary N) is 2. The van der Waals surface area contributed by atoms with Crippen molar-refractivity contribution in [1.29, 1.82) is 0 Å². The van der Waals surface area contributed by atoms with Crippen LogP contribution in [0.3, 0.4) is 0 Å². The molecular formula is C35H47BN2O9. The van der Waals surface area contributed by atoms with Crippen LogP contribution in [0, 0.1) is 17.3 Å². The number of benzene rings is 2. The number of hydrogen-bond acceptors (Lipinski definition) is 8. The van der Waals surface area contributed by atoms with Crippen LogP contribution in [-0.4, -0.2) is 73.7 Å². The highest BCUT2D eigenvalue weighted by Crippen LogP contribution is 2.65. The van der Waals surface area contributed by atoms with Crippen LogP contribution >= 0.6 is 0 Å². The SMILES string of the molecule is COc1c(CC(NC(=O)Cc2cccc(OCCNC(=O)OC(C)(C)C)c2)B2OC3CC4CC(C4(C)C)C3(C)O2)cccc1C(=O)O. The van der Waals surface area contributed by atoms with Crippen LogP contribution < -0.4 is 20.1 Å². The molecule has 4 fully saturated rings. The molecule has 1 heterocycles. The largest absolute Gasteiger partial charge is 0.496 e. The first-order valence-electron chi connectivity index (χ1n) is 16.3. The first-order valence-corrected chi connectivity index (χ1v) is 16.3. The molecule has 3 saturated carbocycles. The Bertz CT molecular complexity index is 1490. The van der Waals surface area contributed by atoms with E-state index in [2.05, 4.69) is 31.4 Å². The van der Waals surface area contributed by atoms with Crippen molar-refractivity contribution >= 4 is 25.1 Å². The summed E-state index contributed by atoms with van der Waals surface area (Å²) < 4.78 is 29.9. The number of carboxylic acids is 1. The number of methoxy groups -OCH3 is 1. The highest BCUT2D eigenvalue weighted by Gasteiger charge is 2.68. The van der Waals surface area contributed by atoms with Crippen molar-refractivity contribution in [3.8, 4) is 11.5 Å². The Kier molecular flexibility index (Phi) is 9.85. The summed E-state index contributed by atoms with van der Waals surface area (Å²) in [6.45, 7) is 12.6. The van der Waals surface area contributed by atoms with Gasteiger partial charge < -0.3 is 39.3 Å².